The van der Waals surface area contributed by atoms with Gasteiger partial charge < -0.3 is 15.2 Å². The maximum Gasteiger partial charge on any atom is 0.260 e. The fraction of sp³-hybridized carbons (Fsp3) is 0.0370. The highest BCUT2D eigenvalue weighted by molar-refractivity contribution is 6.14. The zero-order valence-corrected chi connectivity index (χ0v) is 17.5. The topological polar surface area (TPSA) is 61.0 Å². The molecule has 0 fully saturated rings. The number of H-pyrrole nitrogens is 1. The molecule has 3 heterocycles. The van der Waals surface area contributed by atoms with E-state index in [0.717, 1.165) is 27.6 Å². The van der Waals surface area contributed by atoms with Crippen LogP contribution in [0.5, 0.6) is 0 Å². The smallest absolute Gasteiger partial charge is 0.260 e. The standard InChI is InChI=1S/C27H19FN4O/c28-21-5-8-25-26(14-21)32(16-17-2-1-10-29-15-17)27(33)22-13-19(4-7-24(22)31-25)18-3-6-23-20(12-18)9-11-30-23/h1-15,30-31H,16H2. The molecule has 0 radical (unpaired) electrons. The van der Waals surface area contributed by atoms with E-state index < -0.39 is 5.82 Å². The van der Waals surface area contributed by atoms with E-state index in [4.69, 9.17) is 0 Å². The lowest BCUT2D eigenvalue weighted by molar-refractivity contribution is 0.0986. The SMILES string of the molecule is O=C1c2cc(-c3ccc4[nH]ccc4c3)ccc2Nc2ccc(F)cc2N1Cc1cccnc1. The summed E-state index contributed by atoms with van der Waals surface area (Å²) in [5, 5.41) is 4.44. The van der Waals surface area contributed by atoms with Gasteiger partial charge in [0.25, 0.3) is 5.91 Å². The number of amides is 1. The largest absolute Gasteiger partial charge is 0.361 e. The van der Waals surface area contributed by atoms with Gasteiger partial charge in [0.15, 0.2) is 0 Å². The first-order valence-electron chi connectivity index (χ1n) is 10.6. The molecule has 6 heteroatoms. The van der Waals surface area contributed by atoms with Crippen LogP contribution in [0.4, 0.5) is 21.5 Å². The molecule has 160 valence electrons. The van der Waals surface area contributed by atoms with Crippen LogP contribution in [-0.4, -0.2) is 15.9 Å². The minimum absolute atomic E-state index is 0.199. The Morgan fingerprint density at radius 2 is 1.76 bits per heavy atom. The molecule has 0 saturated carbocycles. The Morgan fingerprint density at radius 3 is 2.64 bits per heavy atom. The fourth-order valence-electron chi connectivity index (χ4n) is 4.31. The molecule has 0 aliphatic carbocycles. The predicted molar refractivity (Wildman–Crippen MR) is 128 cm³/mol. The second-order valence-corrected chi connectivity index (χ2v) is 8.08. The Morgan fingerprint density at radius 1 is 0.909 bits per heavy atom. The summed E-state index contributed by atoms with van der Waals surface area (Å²) < 4.78 is 14.2. The molecule has 2 aromatic heterocycles. The molecule has 0 atom stereocenters. The molecular formula is C27H19FN4O. The minimum Gasteiger partial charge on any atom is -0.361 e. The summed E-state index contributed by atoms with van der Waals surface area (Å²) in [4.78, 5) is 22.8. The van der Waals surface area contributed by atoms with Crippen LogP contribution in [0.1, 0.15) is 15.9 Å². The van der Waals surface area contributed by atoms with Crippen molar-refractivity contribution in [1.29, 1.82) is 0 Å². The van der Waals surface area contributed by atoms with Crippen molar-refractivity contribution in [1.82, 2.24) is 9.97 Å². The van der Waals surface area contributed by atoms with Gasteiger partial charge in [-0.1, -0.05) is 18.2 Å². The number of aromatic amines is 1. The molecule has 2 N–H and O–H groups in total. The molecule has 5 nitrogen and oxygen atoms in total. The van der Waals surface area contributed by atoms with E-state index in [2.05, 4.69) is 21.4 Å². The van der Waals surface area contributed by atoms with Crippen LogP contribution in [0, 0.1) is 5.82 Å². The Kier molecular flexibility index (Phi) is 4.43. The number of hydrogen-bond acceptors (Lipinski definition) is 3. The van der Waals surface area contributed by atoms with Crippen molar-refractivity contribution >= 4 is 33.9 Å². The van der Waals surface area contributed by atoms with Gasteiger partial charge in [0.2, 0.25) is 0 Å². The van der Waals surface area contributed by atoms with E-state index in [1.807, 2.05) is 54.7 Å². The highest BCUT2D eigenvalue weighted by Gasteiger charge is 2.28. The van der Waals surface area contributed by atoms with E-state index in [1.54, 1.807) is 23.4 Å². The second-order valence-electron chi connectivity index (χ2n) is 8.08. The first kappa shape index (κ1) is 19.3. The maximum atomic E-state index is 14.2. The number of rotatable bonds is 3. The number of halogens is 1. The number of fused-ring (bicyclic) bond motifs is 3. The number of nitrogens with one attached hydrogen (secondary N) is 2. The van der Waals surface area contributed by atoms with Gasteiger partial charge in [-0.3, -0.25) is 9.78 Å². The van der Waals surface area contributed by atoms with Crippen LogP contribution >= 0.6 is 0 Å². The molecule has 33 heavy (non-hydrogen) atoms. The van der Waals surface area contributed by atoms with Gasteiger partial charge >= 0.3 is 0 Å². The van der Waals surface area contributed by atoms with Gasteiger partial charge in [-0.15, -0.1) is 0 Å². The Bertz CT molecular complexity index is 1510. The maximum absolute atomic E-state index is 14.2. The lowest BCUT2D eigenvalue weighted by atomic mass is 10.00. The quantitative estimate of drug-likeness (QED) is 0.352. The van der Waals surface area contributed by atoms with E-state index in [1.165, 1.54) is 12.1 Å². The van der Waals surface area contributed by atoms with Gasteiger partial charge in [0.1, 0.15) is 5.82 Å². The number of hydrogen-bond donors (Lipinski definition) is 2. The van der Waals surface area contributed by atoms with Crippen molar-refractivity contribution in [2.45, 2.75) is 6.54 Å². The monoisotopic (exact) mass is 434 g/mol. The highest BCUT2D eigenvalue weighted by Crippen LogP contribution is 2.38. The fourth-order valence-corrected chi connectivity index (χ4v) is 4.31. The van der Waals surface area contributed by atoms with Crippen molar-refractivity contribution in [3.8, 4) is 11.1 Å². The van der Waals surface area contributed by atoms with Crippen LogP contribution in [0.25, 0.3) is 22.0 Å². The Hall–Kier alpha value is -4.45. The molecule has 0 spiro atoms. The first-order chi connectivity index (χ1) is 16.2. The summed E-state index contributed by atoms with van der Waals surface area (Å²) in [6.45, 7) is 0.282. The molecular weight excluding hydrogens is 415 g/mol. The first-order valence-corrected chi connectivity index (χ1v) is 10.6. The zero-order chi connectivity index (χ0) is 22.4. The third-order valence-corrected chi connectivity index (χ3v) is 5.97. The number of nitrogens with zero attached hydrogens (tertiary/aromatic N) is 2. The van der Waals surface area contributed by atoms with Crippen LogP contribution in [0.3, 0.4) is 0 Å². The minimum atomic E-state index is -0.397. The average molecular weight is 434 g/mol. The summed E-state index contributed by atoms with van der Waals surface area (Å²) in [5.74, 6) is -0.596. The van der Waals surface area contributed by atoms with Crippen molar-refractivity contribution in [3.63, 3.8) is 0 Å². The number of carbonyl (C=O) groups excluding carboxylic acids is 1. The predicted octanol–water partition coefficient (Wildman–Crippen LogP) is 6.27. The molecule has 1 aliphatic rings. The third kappa shape index (κ3) is 3.42. The molecule has 1 aliphatic heterocycles. The highest BCUT2D eigenvalue weighted by atomic mass is 19.1. The summed E-state index contributed by atoms with van der Waals surface area (Å²) in [6.07, 6.45) is 5.31. The summed E-state index contributed by atoms with van der Waals surface area (Å²) in [5.41, 5.74) is 6.26. The van der Waals surface area contributed by atoms with E-state index in [-0.39, 0.29) is 12.5 Å². The summed E-state index contributed by atoms with van der Waals surface area (Å²) >= 11 is 0. The molecule has 0 unspecified atom stereocenters. The van der Waals surface area contributed by atoms with Crippen LogP contribution in [0.15, 0.2) is 91.4 Å². The third-order valence-electron chi connectivity index (χ3n) is 5.97. The van der Waals surface area contributed by atoms with Gasteiger partial charge in [-0.05, 0) is 76.7 Å². The van der Waals surface area contributed by atoms with Crippen molar-refractivity contribution in [3.05, 3.63) is 108 Å². The van der Waals surface area contributed by atoms with E-state index >= 15 is 0 Å². The van der Waals surface area contributed by atoms with Gasteiger partial charge in [-0.25, -0.2) is 4.39 Å². The number of anilines is 3. The van der Waals surface area contributed by atoms with E-state index in [0.29, 0.717) is 22.6 Å². The summed E-state index contributed by atoms with van der Waals surface area (Å²) in [6, 6.07) is 22.2. The number of pyridine rings is 1. The molecule has 6 rings (SSSR count). The number of benzene rings is 3. The van der Waals surface area contributed by atoms with Crippen LogP contribution < -0.4 is 10.2 Å². The summed E-state index contributed by atoms with van der Waals surface area (Å²) in [7, 11) is 0. The van der Waals surface area contributed by atoms with Crippen LogP contribution in [-0.2, 0) is 6.54 Å². The molecule has 0 saturated heterocycles. The average Bonchev–Trinajstić information content (AvgIpc) is 3.28. The van der Waals surface area contributed by atoms with Gasteiger partial charge in [0, 0.05) is 24.1 Å². The zero-order valence-electron chi connectivity index (χ0n) is 17.5. The van der Waals surface area contributed by atoms with Crippen LogP contribution in [0.2, 0.25) is 0 Å². The van der Waals surface area contributed by atoms with Crippen molar-refractivity contribution in [2.24, 2.45) is 0 Å². The Labute approximate surface area is 189 Å². The normalized spacial score (nSPS) is 12.8. The second kappa shape index (κ2) is 7.60. The van der Waals surface area contributed by atoms with Gasteiger partial charge in [-0.2, -0.15) is 0 Å². The lowest BCUT2D eigenvalue weighted by Crippen LogP contribution is -2.30. The van der Waals surface area contributed by atoms with E-state index in [9.17, 15) is 9.18 Å². The lowest BCUT2D eigenvalue weighted by Gasteiger charge is -2.23. The number of aromatic nitrogens is 2. The number of carbonyl (C=O) groups is 1. The molecule has 5 aromatic rings. The Balaban J connectivity index is 1.47. The van der Waals surface area contributed by atoms with Crippen molar-refractivity contribution < 1.29 is 9.18 Å². The van der Waals surface area contributed by atoms with Crippen molar-refractivity contribution in [2.75, 3.05) is 10.2 Å². The molecule has 1 amide bonds. The molecule has 0 bridgehead atoms. The van der Waals surface area contributed by atoms with Gasteiger partial charge in [0.05, 0.1) is 29.2 Å². The molecule has 3 aromatic carbocycles.